The predicted octanol–water partition coefficient (Wildman–Crippen LogP) is 3.79. The summed E-state index contributed by atoms with van der Waals surface area (Å²) in [5.41, 5.74) is 0. The number of hydrogen-bond donors (Lipinski definition) is 1. The van der Waals surface area contributed by atoms with E-state index in [-0.39, 0.29) is 5.15 Å². The van der Waals surface area contributed by atoms with Crippen LogP contribution in [0.1, 0.15) is 54.6 Å². The number of methoxy groups -OCH3 is 1. The van der Waals surface area contributed by atoms with Gasteiger partial charge in [0.25, 0.3) is 0 Å². The Kier molecular flexibility index (Phi) is 5.77. The number of carbonyl (C=O) groups excluding carboxylic acids is 1. The van der Waals surface area contributed by atoms with E-state index in [1.165, 1.54) is 63.5 Å². The van der Waals surface area contributed by atoms with Crippen LogP contribution in [0.15, 0.2) is 0 Å². The first-order chi connectivity index (χ1) is 11.2. The Labute approximate surface area is 146 Å². The Morgan fingerprint density at radius 3 is 2.83 bits per heavy atom. The molecule has 0 spiro atoms. The van der Waals surface area contributed by atoms with Crippen molar-refractivity contribution in [2.75, 3.05) is 25.5 Å². The van der Waals surface area contributed by atoms with Gasteiger partial charge in [-0.3, -0.25) is 4.90 Å². The maximum absolute atomic E-state index is 11.6. The number of halogens is 1. The summed E-state index contributed by atoms with van der Waals surface area (Å²) in [6, 6.07) is 1.12. The zero-order valence-corrected chi connectivity index (χ0v) is 15.1. The van der Waals surface area contributed by atoms with Gasteiger partial charge in [-0.25, -0.2) is 9.78 Å². The first-order valence-corrected chi connectivity index (χ1v) is 9.62. The number of piperidine rings is 1. The number of ether oxygens (including phenoxy) is 1. The van der Waals surface area contributed by atoms with Crippen LogP contribution in [0.3, 0.4) is 0 Å². The molecule has 2 aliphatic rings. The highest BCUT2D eigenvalue weighted by Crippen LogP contribution is 2.30. The lowest BCUT2D eigenvalue weighted by Crippen LogP contribution is -2.47. The van der Waals surface area contributed by atoms with Crippen LogP contribution in [-0.2, 0) is 4.74 Å². The second kappa shape index (κ2) is 7.81. The molecule has 2 heterocycles. The van der Waals surface area contributed by atoms with Crippen molar-refractivity contribution in [3.8, 4) is 0 Å². The lowest BCUT2D eigenvalue weighted by Gasteiger charge is -2.40. The summed E-state index contributed by atoms with van der Waals surface area (Å²) >= 11 is 7.31. The van der Waals surface area contributed by atoms with Crippen LogP contribution in [0.2, 0.25) is 5.15 Å². The number of thiazole rings is 1. The number of anilines is 1. The van der Waals surface area contributed by atoms with Crippen molar-refractivity contribution in [2.24, 2.45) is 0 Å². The fourth-order valence-electron chi connectivity index (χ4n) is 3.66. The molecule has 1 unspecified atom stereocenters. The topological polar surface area (TPSA) is 54.5 Å². The number of carbonyl (C=O) groups is 1. The van der Waals surface area contributed by atoms with Crippen molar-refractivity contribution in [1.82, 2.24) is 9.88 Å². The van der Waals surface area contributed by atoms with Gasteiger partial charge in [-0.2, -0.15) is 0 Å². The van der Waals surface area contributed by atoms with Gasteiger partial charge >= 0.3 is 5.97 Å². The smallest absolute Gasteiger partial charge is 0.351 e. The monoisotopic (exact) mass is 357 g/mol. The van der Waals surface area contributed by atoms with Crippen LogP contribution in [-0.4, -0.2) is 48.1 Å². The van der Waals surface area contributed by atoms with Crippen molar-refractivity contribution in [1.29, 1.82) is 0 Å². The summed E-state index contributed by atoms with van der Waals surface area (Å²) in [4.78, 5) is 18.9. The van der Waals surface area contributed by atoms with E-state index in [4.69, 9.17) is 16.3 Å². The normalized spacial score (nSPS) is 23.7. The Balaban J connectivity index is 1.60. The highest BCUT2D eigenvalue weighted by atomic mass is 35.5. The first-order valence-electron chi connectivity index (χ1n) is 8.42. The Morgan fingerprint density at radius 1 is 1.30 bits per heavy atom. The third kappa shape index (κ3) is 4.17. The summed E-state index contributed by atoms with van der Waals surface area (Å²) in [5.74, 6) is -0.423. The minimum absolute atomic E-state index is 0.226. The van der Waals surface area contributed by atoms with Gasteiger partial charge in [-0.15, -0.1) is 0 Å². The highest BCUT2D eigenvalue weighted by molar-refractivity contribution is 7.18. The number of likely N-dealkylation sites (tertiary alicyclic amines) is 1. The molecule has 1 aliphatic heterocycles. The van der Waals surface area contributed by atoms with E-state index in [2.05, 4.69) is 15.2 Å². The molecule has 1 atom stereocenters. The van der Waals surface area contributed by atoms with Gasteiger partial charge in [0.1, 0.15) is 0 Å². The molecule has 23 heavy (non-hydrogen) atoms. The number of esters is 1. The maximum atomic E-state index is 11.6. The molecule has 128 valence electrons. The van der Waals surface area contributed by atoms with Crippen LogP contribution in [0.25, 0.3) is 0 Å². The maximum Gasteiger partial charge on any atom is 0.351 e. The van der Waals surface area contributed by atoms with Crippen LogP contribution >= 0.6 is 22.9 Å². The Morgan fingerprint density at radius 2 is 2.09 bits per heavy atom. The molecule has 2 fully saturated rings. The average molecular weight is 358 g/mol. The number of nitrogens with zero attached hydrogens (tertiary/aromatic N) is 2. The molecular weight excluding hydrogens is 334 g/mol. The quantitative estimate of drug-likeness (QED) is 0.831. The van der Waals surface area contributed by atoms with E-state index in [1.54, 1.807) is 0 Å². The molecule has 1 aliphatic carbocycles. The molecule has 1 saturated heterocycles. The van der Waals surface area contributed by atoms with Gasteiger partial charge in [0, 0.05) is 18.6 Å². The zero-order chi connectivity index (χ0) is 16.2. The van der Waals surface area contributed by atoms with E-state index in [9.17, 15) is 4.79 Å². The van der Waals surface area contributed by atoms with Gasteiger partial charge < -0.3 is 10.1 Å². The second-order valence-electron chi connectivity index (χ2n) is 6.40. The molecule has 1 aromatic rings. The van der Waals surface area contributed by atoms with Crippen molar-refractivity contribution in [3.63, 3.8) is 0 Å². The van der Waals surface area contributed by atoms with Gasteiger partial charge in [0.05, 0.1) is 7.11 Å². The summed E-state index contributed by atoms with van der Waals surface area (Å²) in [6.45, 7) is 2.25. The molecule has 0 bridgehead atoms. The molecule has 0 radical (unpaired) electrons. The van der Waals surface area contributed by atoms with Gasteiger partial charge in [0.15, 0.2) is 15.2 Å². The molecule has 0 amide bonds. The SMILES string of the molecule is COC(=O)c1sc(NC2CCCN(C3CCCCC3)C2)nc1Cl. The fourth-order valence-corrected chi connectivity index (χ4v) is 4.84. The standard InChI is InChI=1S/C16H24ClN3O2S/c1-22-15(21)13-14(17)19-16(23-13)18-11-6-5-9-20(10-11)12-7-3-2-4-8-12/h11-12H,2-10H2,1H3,(H,18,19). The van der Waals surface area contributed by atoms with E-state index < -0.39 is 5.97 Å². The second-order valence-corrected chi connectivity index (χ2v) is 7.76. The minimum Gasteiger partial charge on any atom is -0.465 e. The van der Waals surface area contributed by atoms with E-state index in [0.717, 1.165) is 19.0 Å². The molecule has 0 aromatic carbocycles. The molecule has 3 rings (SSSR count). The van der Waals surface area contributed by atoms with Crippen LogP contribution in [0, 0.1) is 0 Å². The van der Waals surface area contributed by atoms with Crippen molar-refractivity contribution in [2.45, 2.75) is 57.0 Å². The predicted molar refractivity (Wildman–Crippen MR) is 93.6 cm³/mol. The van der Waals surface area contributed by atoms with Crippen molar-refractivity contribution >= 4 is 34.0 Å². The van der Waals surface area contributed by atoms with E-state index in [1.807, 2.05) is 0 Å². The molecule has 1 saturated carbocycles. The minimum atomic E-state index is -0.423. The third-order valence-corrected chi connectivity index (χ3v) is 6.18. The third-order valence-electron chi connectivity index (χ3n) is 4.83. The number of nitrogens with one attached hydrogen (secondary N) is 1. The average Bonchev–Trinajstić information content (AvgIpc) is 2.95. The molecule has 5 nitrogen and oxygen atoms in total. The van der Waals surface area contributed by atoms with Gasteiger partial charge in [-0.05, 0) is 32.2 Å². The first kappa shape index (κ1) is 17.0. The summed E-state index contributed by atoms with van der Waals surface area (Å²) < 4.78 is 4.73. The van der Waals surface area contributed by atoms with Gasteiger partial charge in [-0.1, -0.05) is 42.2 Å². The Hall–Kier alpha value is -0.850. The van der Waals surface area contributed by atoms with Crippen LogP contribution in [0.5, 0.6) is 0 Å². The summed E-state index contributed by atoms with van der Waals surface area (Å²) in [5, 5.41) is 4.40. The highest BCUT2D eigenvalue weighted by Gasteiger charge is 2.28. The molecular formula is C16H24ClN3O2S. The Bertz CT molecular complexity index is 545. The number of aromatic nitrogens is 1. The lowest BCUT2D eigenvalue weighted by atomic mass is 9.92. The van der Waals surface area contributed by atoms with Crippen LogP contribution < -0.4 is 5.32 Å². The molecule has 1 N–H and O–H groups in total. The van der Waals surface area contributed by atoms with Gasteiger partial charge in [0.2, 0.25) is 0 Å². The largest absolute Gasteiger partial charge is 0.465 e. The molecule has 1 aromatic heterocycles. The van der Waals surface area contributed by atoms with Crippen molar-refractivity contribution in [3.05, 3.63) is 10.0 Å². The number of rotatable bonds is 4. The number of hydrogen-bond acceptors (Lipinski definition) is 6. The fraction of sp³-hybridized carbons (Fsp3) is 0.750. The summed E-state index contributed by atoms with van der Waals surface area (Å²) in [7, 11) is 1.36. The summed E-state index contributed by atoms with van der Waals surface area (Å²) in [6.07, 6.45) is 9.13. The zero-order valence-electron chi connectivity index (χ0n) is 13.5. The van der Waals surface area contributed by atoms with Crippen molar-refractivity contribution < 1.29 is 9.53 Å². The van der Waals surface area contributed by atoms with E-state index in [0.29, 0.717) is 16.1 Å². The lowest BCUT2D eigenvalue weighted by molar-refractivity contribution is 0.0606. The van der Waals surface area contributed by atoms with Crippen LogP contribution in [0.4, 0.5) is 5.13 Å². The molecule has 7 heteroatoms. The van der Waals surface area contributed by atoms with E-state index >= 15 is 0 Å².